The average molecular weight is 352 g/mol. The smallest absolute Gasteiger partial charge is 0.228 e. The predicted octanol–water partition coefficient (Wildman–Crippen LogP) is 2.99. The minimum atomic E-state index is 0.274. The summed E-state index contributed by atoms with van der Waals surface area (Å²) in [6, 6.07) is 0.825. The summed E-state index contributed by atoms with van der Waals surface area (Å²) in [6.07, 6.45) is 12.3. The van der Waals surface area contributed by atoms with Crippen molar-refractivity contribution in [3.05, 3.63) is 0 Å². The molecule has 2 aliphatic carbocycles. The molecule has 0 radical (unpaired) electrons. The van der Waals surface area contributed by atoms with Gasteiger partial charge in [-0.25, -0.2) is 4.31 Å². The topological polar surface area (TPSA) is 26.8 Å². The summed E-state index contributed by atoms with van der Waals surface area (Å²) in [5, 5.41) is 0.823. The van der Waals surface area contributed by atoms with Crippen LogP contribution in [-0.2, 0) is 4.79 Å². The molecule has 0 aromatic carbocycles. The van der Waals surface area contributed by atoms with Gasteiger partial charge in [-0.3, -0.25) is 9.69 Å². The van der Waals surface area contributed by atoms with Crippen LogP contribution in [0.3, 0.4) is 0 Å². The molecule has 2 saturated carbocycles. The number of nitrogens with zero attached hydrogens (tertiary/aromatic N) is 3. The maximum Gasteiger partial charge on any atom is 0.228 e. The van der Waals surface area contributed by atoms with Crippen LogP contribution in [0, 0.1) is 5.92 Å². The van der Waals surface area contributed by atoms with Gasteiger partial charge in [-0.1, -0.05) is 37.6 Å². The van der Waals surface area contributed by atoms with Gasteiger partial charge < -0.3 is 4.90 Å². The lowest BCUT2D eigenvalue weighted by Gasteiger charge is -2.41. The summed E-state index contributed by atoms with van der Waals surface area (Å²) >= 11 is 2.05. The Morgan fingerprint density at radius 1 is 0.792 bits per heavy atom. The Labute approximate surface area is 151 Å². The Kier molecular flexibility index (Phi) is 5.70. The van der Waals surface area contributed by atoms with Crippen molar-refractivity contribution in [3.8, 4) is 0 Å². The van der Waals surface area contributed by atoms with Crippen LogP contribution in [-0.4, -0.2) is 70.6 Å². The van der Waals surface area contributed by atoms with Crippen LogP contribution in [0.25, 0.3) is 0 Å². The van der Waals surface area contributed by atoms with Crippen LogP contribution in [0.1, 0.15) is 57.8 Å². The van der Waals surface area contributed by atoms with Crippen LogP contribution < -0.4 is 0 Å². The second-order valence-electron chi connectivity index (χ2n) is 8.21. The van der Waals surface area contributed by atoms with E-state index in [1.54, 1.807) is 0 Å². The number of amides is 1. The molecular formula is C19H33N3OS. The predicted molar refractivity (Wildman–Crippen MR) is 99.9 cm³/mol. The van der Waals surface area contributed by atoms with E-state index in [-0.39, 0.29) is 5.92 Å². The van der Waals surface area contributed by atoms with Gasteiger partial charge in [0, 0.05) is 50.6 Å². The molecular weight excluding hydrogens is 318 g/mol. The SMILES string of the molecule is O=C(C1CN(SC2CCCCC2)C1)N1CCCN(C2CCC2)CC1. The highest BCUT2D eigenvalue weighted by Crippen LogP contribution is 2.35. The number of carbonyl (C=O) groups excluding carboxylic acids is 1. The number of rotatable bonds is 4. The summed E-state index contributed by atoms with van der Waals surface area (Å²) in [4.78, 5) is 17.6. The van der Waals surface area contributed by atoms with E-state index < -0.39 is 0 Å². The maximum absolute atomic E-state index is 12.8. The average Bonchev–Trinajstić information content (AvgIpc) is 2.75. The standard InChI is InChI=1S/C19H33N3OS/c23-19(16-14-22(15-16)24-18-8-2-1-3-9-18)21-11-5-10-20(12-13-21)17-6-4-7-17/h16-18H,1-15H2. The molecule has 0 unspecified atom stereocenters. The van der Waals surface area contributed by atoms with E-state index in [0.29, 0.717) is 5.91 Å². The van der Waals surface area contributed by atoms with Gasteiger partial charge in [-0.15, -0.1) is 0 Å². The molecule has 0 bridgehead atoms. The van der Waals surface area contributed by atoms with Crippen molar-refractivity contribution in [2.75, 3.05) is 39.3 Å². The van der Waals surface area contributed by atoms with Gasteiger partial charge in [0.2, 0.25) is 5.91 Å². The van der Waals surface area contributed by atoms with E-state index in [2.05, 4.69) is 14.1 Å². The third-order valence-corrected chi connectivity index (χ3v) is 7.85. The lowest BCUT2D eigenvalue weighted by Crippen LogP contribution is -2.53. The molecule has 4 aliphatic rings. The van der Waals surface area contributed by atoms with Crippen molar-refractivity contribution in [2.24, 2.45) is 5.92 Å². The molecule has 5 heteroatoms. The highest BCUT2D eigenvalue weighted by molar-refractivity contribution is 7.97. The molecule has 0 atom stereocenters. The van der Waals surface area contributed by atoms with E-state index in [1.807, 2.05) is 11.9 Å². The zero-order valence-corrected chi connectivity index (χ0v) is 15.8. The highest BCUT2D eigenvalue weighted by Gasteiger charge is 2.37. The Morgan fingerprint density at radius 2 is 1.58 bits per heavy atom. The zero-order valence-electron chi connectivity index (χ0n) is 15.0. The molecule has 1 amide bonds. The molecule has 136 valence electrons. The van der Waals surface area contributed by atoms with Crippen molar-refractivity contribution in [3.63, 3.8) is 0 Å². The first kappa shape index (κ1) is 17.2. The van der Waals surface area contributed by atoms with E-state index in [0.717, 1.165) is 50.4 Å². The number of hydrogen-bond donors (Lipinski definition) is 0. The molecule has 4 fully saturated rings. The lowest BCUT2D eigenvalue weighted by atomic mass is 9.91. The van der Waals surface area contributed by atoms with Crippen LogP contribution in [0.4, 0.5) is 0 Å². The van der Waals surface area contributed by atoms with Crippen molar-refractivity contribution >= 4 is 17.9 Å². The van der Waals surface area contributed by atoms with Gasteiger partial charge in [0.05, 0.1) is 5.92 Å². The molecule has 2 saturated heterocycles. The van der Waals surface area contributed by atoms with E-state index in [1.165, 1.54) is 57.9 Å². The van der Waals surface area contributed by atoms with Gasteiger partial charge >= 0.3 is 0 Å². The third kappa shape index (κ3) is 3.94. The Morgan fingerprint density at radius 3 is 2.29 bits per heavy atom. The molecule has 0 aromatic rings. The van der Waals surface area contributed by atoms with Crippen LogP contribution in [0.2, 0.25) is 0 Å². The molecule has 24 heavy (non-hydrogen) atoms. The molecule has 4 rings (SSSR count). The molecule has 0 spiro atoms. The summed E-state index contributed by atoms with van der Waals surface area (Å²) in [5.41, 5.74) is 0. The third-order valence-electron chi connectivity index (χ3n) is 6.48. The van der Waals surface area contributed by atoms with E-state index in [4.69, 9.17) is 0 Å². The van der Waals surface area contributed by atoms with Gasteiger partial charge in [0.1, 0.15) is 0 Å². The highest BCUT2D eigenvalue weighted by atomic mass is 32.2. The molecule has 2 aliphatic heterocycles. The van der Waals surface area contributed by atoms with Crippen LogP contribution in [0.5, 0.6) is 0 Å². The van der Waals surface area contributed by atoms with Crippen molar-refractivity contribution in [1.82, 2.24) is 14.1 Å². The second kappa shape index (κ2) is 7.96. The summed E-state index contributed by atoms with van der Waals surface area (Å²) in [5.74, 6) is 0.710. The monoisotopic (exact) mass is 351 g/mol. The first-order chi connectivity index (χ1) is 11.8. The minimum Gasteiger partial charge on any atom is -0.341 e. The second-order valence-corrected chi connectivity index (χ2v) is 9.60. The lowest BCUT2D eigenvalue weighted by molar-refractivity contribution is -0.138. The van der Waals surface area contributed by atoms with Crippen LogP contribution in [0.15, 0.2) is 0 Å². The fourth-order valence-corrected chi connectivity index (χ4v) is 6.09. The minimum absolute atomic E-state index is 0.274. The molecule has 0 N–H and O–H groups in total. The zero-order chi connectivity index (χ0) is 16.4. The van der Waals surface area contributed by atoms with Gasteiger partial charge in [-0.2, -0.15) is 0 Å². The number of carbonyl (C=O) groups is 1. The Bertz CT molecular complexity index is 430. The van der Waals surface area contributed by atoms with Gasteiger partial charge in [0.15, 0.2) is 0 Å². The van der Waals surface area contributed by atoms with Gasteiger partial charge in [0.25, 0.3) is 0 Å². The summed E-state index contributed by atoms with van der Waals surface area (Å²) in [6.45, 7) is 6.22. The first-order valence-electron chi connectivity index (χ1n) is 10.2. The normalized spacial score (nSPS) is 29.1. The summed E-state index contributed by atoms with van der Waals surface area (Å²) in [7, 11) is 0. The molecule has 0 aromatic heterocycles. The van der Waals surface area contributed by atoms with Crippen LogP contribution >= 0.6 is 11.9 Å². The van der Waals surface area contributed by atoms with E-state index in [9.17, 15) is 4.79 Å². The Balaban J connectivity index is 1.19. The quantitative estimate of drug-likeness (QED) is 0.728. The fraction of sp³-hybridized carbons (Fsp3) is 0.947. The van der Waals surface area contributed by atoms with Crippen molar-refractivity contribution in [1.29, 1.82) is 0 Å². The van der Waals surface area contributed by atoms with E-state index >= 15 is 0 Å². The molecule has 2 heterocycles. The largest absolute Gasteiger partial charge is 0.341 e. The molecule has 4 nitrogen and oxygen atoms in total. The number of hydrogen-bond acceptors (Lipinski definition) is 4. The van der Waals surface area contributed by atoms with Crippen molar-refractivity contribution < 1.29 is 4.79 Å². The Hall–Kier alpha value is -0.260. The van der Waals surface area contributed by atoms with Crippen molar-refractivity contribution in [2.45, 2.75) is 69.1 Å². The fourth-order valence-electron chi connectivity index (χ4n) is 4.59. The van der Waals surface area contributed by atoms with Gasteiger partial charge in [-0.05, 0) is 32.1 Å². The maximum atomic E-state index is 12.8. The first-order valence-corrected chi connectivity index (χ1v) is 11.1. The summed E-state index contributed by atoms with van der Waals surface area (Å²) < 4.78 is 2.46.